The van der Waals surface area contributed by atoms with E-state index in [9.17, 15) is 0 Å². The first-order valence-electron chi connectivity index (χ1n) is 8.23. The van der Waals surface area contributed by atoms with Crippen LogP contribution >= 0.6 is 27.3 Å². The minimum absolute atomic E-state index is 0.240. The Labute approximate surface area is 155 Å². The van der Waals surface area contributed by atoms with Gasteiger partial charge in [-0.1, -0.05) is 34.1 Å². The summed E-state index contributed by atoms with van der Waals surface area (Å²) >= 11 is 5.39. The van der Waals surface area contributed by atoms with Gasteiger partial charge in [0.05, 0.1) is 10.7 Å². The molecule has 1 aromatic heterocycles. The molecule has 0 aliphatic heterocycles. The minimum atomic E-state index is 0.240. The summed E-state index contributed by atoms with van der Waals surface area (Å²) in [6.45, 7) is 3.79. The van der Waals surface area contributed by atoms with Crippen molar-refractivity contribution >= 4 is 33.2 Å². The lowest BCUT2D eigenvalue weighted by Crippen LogP contribution is -2.42. The molecule has 2 aromatic rings. The molecule has 6 heteroatoms. The maximum absolute atomic E-state index is 4.49. The van der Waals surface area contributed by atoms with Gasteiger partial charge in [-0.05, 0) is 31.4 Å². The van der Waals surface area contributed by atoms with Gasteiger partial charge in [-0.25, -0.2) is 4.98 Å². The lowest BCUT2D eigenvalue weighted by molar-refractivity contribution is 0.642. The number of rotatable bonds is 6. The molecular formula is C18H23BrN4S. The van der Waals surface area contributed by atoms with Crippen LogP contribution in [0.3, 0.4) is 0 Å². The smallest absolute Gasteiger partial charge is 0.191 e. The van der Waals surface area contributed by atoms with Crippen molar-refractivity contribution in [3.8, 4) is 0 Å². The highest BCUT2D eigenvalue weighted by molar-refractivity contribution is 9.10. The Morgan fingerprint density at radius 1 is 1.33 bits per heavy atom. The molecule has 0 bridgehead atoms. The van der Waals surface area contributed by atoms with Gasteiger partial charge in [-0.2, -0.15) is 0 Å². The van der Waals surface area contributed by atoms with Crippen LogP contribution in [0, 0.1) is 6.92 Å². The van der Waals surface area contributed by atoms with Gasteiger partial charge in [0, 0.05) is 41.8 Å². The summed E-state index contributed by atoms with van der Waals surface area (Å²) in [7, 11) is 1.82. The average Bonchev–Trinajstić information content (AvgIpc) is 3.26. The third-order valence-electron chi connectivity index (χ3n) is 4.46. The SMILES string of the molecule is CN=C(NCCc1csc(C)n1)NCC1(c2ccccc2Br)CC1. The van der Waals surface area contributed by atoms with Crippen molar-refractivity contribution in [2.45, 2.75) is 31.6 Å². The number of halogens is 1. The van der Waals surface area contributed by atoms with Crippen LogP contribution in [-0.4, -0.2) is 31.1 Å². The van der Waals surface area contributed by atoms with Gasteiger partial charge >= 0.3 is 0 Å². The number of aryl methyl sites for hydroxylation is 1. The summed E-state index contributed by atoms with van der Waals surface area (Å²) in [6.07, 6.45) is 3.36. The largest absolute Gasteiger partial charge is 0.356 e. The average molecular weight is 407 g/mol. The van der Waals surface area contributed by atoms with E-state index in [0.717, 1.165) is 36.2 Å². The second kappa shape index (κ2) is 7.66. The molecule has 0 radical (unpaired) electrons. The highest BCUT2D eigenvalue weighted by atomic mass is 79.9. The second-order valence-electron chi connectivity index (χ2n) is 6.22. The Balaban J connectivity index is 1.50. The fourth-order valence-corrected chi connectivity index (χ4v) is 4.24. The number of nitrogens with one attached hydrogen (secondary N) is 2. The number of hydrogen-bond donors (Lipinski definition) is 2. The summed E-state index contributed by atoms with van der Waals surface area (Å²) in [5.74, 6) is 0.861. The van der Waals surface area contributed by atoms with Crippen molar-refractivity contribution in [1.29, 1.82) is 0 Å². The van der Waals surface area contributed by atoms with E-state index in [-0.39, 0.29) is 5.41 Å². The minimum Gasteiger partial charge on any atom is -0.356 e. The van der Waals surface area contributed by atoms with Crippen LogP contribution in [0.15, 0.2) is 39.1 Å². The number of nitrogens with zero attached hydrogens (tertiary/aromatic N) is 2. The number of hydrogen-bond acceptors (Lipinski definition) is 3. The zero-order chi connectivity index (χ0) is 17.0. The fourth-order valence-electron chi connectivity index (χ4n) is 2.89. The molecule has 0 unspecified atom stereocenters. The van der Waals surface area contributed by atoms with Crippen molar-refractivity contribution in [2.24, 2.45) is 4.99 Å². The number of guanidine groups is 1. The van der Waals surface area contributed by atoms with Crippen LogP contribution in [0.2, 0.25) is 0 Å². The Kier molecular flexibility index (Phi) is 5.56. The number of aliphatic imine (C=N–C) groups is 1. The van der Waals surface area contributed by atoms with Gasteiger partial charge in [0.15, 0.2) is 5.96 Å². The van der Waals surface area contributed by atoms with Crippen LogP contribution < -0.4 is 10.6 Å². The van der Waals surface area contributed by atoms with Gasteiger partial charge in [-0.15, -0.1) is 11.3 Å². The standard InChI is InChI=1S/C18H23BrN4S/c1-13-23-14(11-24-13)7-10-21-17(20-2)22-12-18(8-9-18)15-5-3-4-6-16(15)19/h3-6,11H,7-10,12H2,1-2H3,(H2,20,21,22). The number of aromatic nitrogens is 1. The molecule has 0 saturated heterocycles. The van der Waals surface area contributed by atoms with Crippen LogP contribution in [-0.2, 0) is 11.8 Å². The molecule has 1 fully saturated rings. The third kappa shape index (κ3) is 4.16. The van der Waals surface area contributed by atoms with E-state index in [2.05, 4.69) is 66.2 Å². The van der Waals surface area contributed by atoms with E-state index >= 15 is 0 Å². The first-order chi connectivity index (χ1) is 11.6. The van der Waals surface area contributed by atoms with Crippen molar-refractivity contribution in [2.75, 3.05) is 20.1 Å². The zero-order valence-electron chi connectivity index (χ0n) is 14.1. The second-order valence-corrected chi connectivity index (χ2v) is 8.14. The van der Waals surface area contributed by atoms with Crippen molar-refractivity contribution in [3.63, 3.8) is 0 Å². The quantitative estimate of drug-likeness (QED) is 0.568. The molecule has 0 atom stereocenters. The normalized spacial score (nSPS) is 16.0. The van der Waals surface area contributed by atoms with E-state index in [1.165, 1.54) is 22.9 Å². The highest BCUT2D eigenvalue weighted by Gasteiger charge is 2.45. The molecule has 4 nitrogen and oxygen atoms in total. The Morgan fingerprint density at radius 3 is 2.75 bits per heavy atom. The van der Waals surface area contributed by atoms with E-state index in [1.54, 1.807) is 11.3 Å². The lowest BCUT2D eigenvalue weighted by Gasteiger charge is -2.20. The van der Waals surface area contributed by atoms with E-state index < -0.39 is 0 Å². The predicted octanol–water partition coefficient (Wildman–Crippen LogP) is 3.65. The first-order valence-corrected chi connectivity index (χ1v) is 9.91. The van der Waals surface area contributed by atoms with Gasteiger partial charge in [0.25, 0.3) is 0 Å². The molecule has 1 saturated carbocycles. The molecule has 2 N–H and O–H groups in total. The Hall–Kier alpha value is -1.40. The molecule has 128 valence electrons. The summed E-state index contributed by atoms with van der Waals surface area (Å²) in [4.78, 5) is 8.83. The fraction of sp³-hybridized carbons (Fsp3) is 0.444. The Bertz CT molecular complexity index is 721. The van der Waals surface area contributed by atoms with Crippen LogP contribution in [0.5, 0.6) is 0 Å². The number of thiazole rings is 1. The van der Waals surface area contributed by atoms with Crippen LogP contribution in [0.1, 0.15) is 29.1 Å². The van der Waals surface area contributed by atoms with E-state index in [0.29, 0.717) is 0 Å². The zero-order valence-corrected chi connectivity index (χ0v) is 16.5. The molecule has 1 heterocycles. The van der Waals surface area contributed by atoms with Gasteiger partial charge in [0.2, 0.25) is 0 Å². The highest BCUT2D eigenvalue weighted by Crippen LogP contribution is 2.49. The molecule has 1 aliphatic carbocycles. The van der Waals surface area contributed by atoms with Crippen LogP contribution in [0.4, 0.5) is 0 Å². The monoisotopic (exact) mass is 406 g/mol. The maximum atomic E-state index is 4.49. The summed E-state index contributed by atoms with van der Waals surface area (Å²) < 4.78 is 1.20. The molecule has 0 amide bonds. The van der Waals surface area contributed by atoms with E-state index in [4.69, 9.17) is 0 Å². The molecule has 1 aliphatic rings. The van der Waals surface area contributed by atoms with Crippen LogP contribution in [0.25, 0.3) is 0 Å². The topological polar surface area (TPSA) is 49.3 Å². The van der Waals surface area contributed by atoms with Gasteiger partial charge < -0.3 is 10.6 Å². The van der Waals surface area contributed by atoms with Crippen molar-refractivity contribution in [3.05, 3.63) is 50.4 Å². The lowest BCUT2D eigenvalue weighted by atomic mass is 9.96. The molecule has 24 heavy (non-hydrogen) atoms. The first kappa shape index (κ1) is 17.4. The molecule has 1 aromatic carbocycles. The summed E-state index contributed by atoms with van der Waals surface area (Å²) in [5.41, 5.74) is 2.78. The summed E-state index contributed by atoms with van der Waals surface area (Å²) in [5, 5.41) is 10.1. The van der Waals surface area contributed by atoms with Crippen molar-refractivity contribution in [1.82, 2.24) is 15.6 Å². The number of benzene rings is 1. The predicted molar refractivity (Wildman–Crippen MR) is 105 cm³/mol. The van der Waals surface area contributed by atoms with Gasteiger partial charge in [-0.3, -0.25) is 4.99 Å². The maximum Gasteiger partial charge on any atom is 0.191 e. The Morgan fingerprint density at radius 2 is 2.12 bits per heavy atom. The van der Waals surface area contributed by atoms with E-state index in [1.807, 2.05) is 14.0 Å². The van der Waals surface area contributed by atoms with Gasteiger partial charge in [0.1, 0.15) is 0 Å². The molecular weight excluding hydrogens is 384 g/mol. The molecule has 3 rings (SSSR count). The molecule has 0 spiro atoms. The third-order valence-corrected chi connectivity index (χ3v) is 5.97. The van der Waals surface area contributed by atoms with Crippen molar-refractivity contribution < 1.29 is 0 Å². The summed E-state index contributed by atoms with van der Waals surface area (Å²) in [6, 6.07) is 8.53.